The van der Waals surface area contributed by atoms with E-state index in [1.165, 1.54) is 0 Å². The maximum absolute atomic E-state index is 12.1. The van der Waals surface area contributed by atoms with Crippen molar-refractivity contribution in [2.24, 2.45) is 11.7 Å². The Morgan fingerprint density at radius 1 is 1.53 bits per heavy atom. The van der Waals surface area contributed by atoms with Gasteiger partial charge in [-0.1, -0.05) is 0 Å². The van der Waals surface area contributed by atoms with Crippen LogP contribution in [0.2, 0.25) is 0 Å². The van der Waals surface area contributed by atoms with Gasteiger partial charge in [-0.05, 0) is 53.5 Å². The van der Waals surface area contributed by atoms with E-state index < -0.39 is 0 Å². The van der Waals surface area contributed by atoms with Gasteiger partial charge in [-0.15, -0.1) is 0 Å². The molecule has 0 radical (unpaired) electrons. The summed E-state index contributed by atoms with van der Waals surface area (Å²) >= 11 is 0. The maximum Gasteiger partial charge on any atom is 0.237 e. The zero-order chi connectivity index (χ0) is 13.2. The molecule has 1 rings (SSSR count). The summed E-state index contributed by atoms with van der Waals surface area (Å²) in [5, 5.41) is 3.04. The second-order valence-electron chi connectivity index (χ2n) is 6.30. The summed E-state index contributed by atoms with van der Waals surface area (Å²) in [6, 6.07) is 0.380. The van der Waals surface area contributed by atoms with Crippen LogP contribution >= 0.6 is 0 Å². The molecule has 0 aromatic heterocycles. The van der Waals surface area contributed by atoms with Gasteiger partial charge in [0.05, 0.1) is 6.04 Å². The number of nitrogens with zero attached hydrogens (tertiary/aromatic N) is 1. The minimum absolute atomic E-state index is 0.0687. The predicted octanol–water partition coefficient (Wildman–Crippen LogP) is 0.959. The summed E-state index contributed by atoms with van der Waals surface area (Å²) in [6.07, 6.45) is 1.10. The third-order valence-electron chi connectivity index (χ3n) is 3.42. The van der Waals surface area contributed by atoms with Crippen LogP contribution in [0.5, 0.6) is 0 Å². The zero-order valence-corrected chi connectivity index (χ0v) is 11.8. The fourth-order valence-corrected chi connectivity index (χ4v) is 2.51. The van der Waals surface area contributed by atoms with E-state index in [0.29, 0.717) is 18.5 Å². The molecule has 0 aromatic carbocycles. The summed E-state index contributed by atoms with van der Waals surface area (Å²) in [7, 11) is 0. The molecule has 0 spiro atoms. The normalized spacial score (nSPS) is 28.1. The van der Waals surface area contributed by atoms with E-state index in [4.69, 9.17) is 5.73 Å². The smallest absolute Gasteiger partial charge is 0.237 e. The number of likely N-dealkylation sites (tertiary alicyclic amines) is 1. The average molecular weight is 241 g/mol. The van der Waals surface area contributed by atoms with Crippen molar-refractivity contribution in [3.05, 3.63) is 0 Å². The summed E-state index contributed by atoms with van der Waals surface area (Å²) in [5.41, 5.74) is 5.54. The van der Waals surface area contributed by atoms with Gasteiger partial charge in [0.2, 0.25) is 5.91 Å². The molecule has 4 nitrogen and oxygen atoms in total. The van der Waals surface area contributed by atoms with Crippen molar-refractivity contribution < 1.29 is 4.79 Å². The van der Waals surface area contributed by atoms with Crippen molar-refractivity contribution in [2.75, 3.05) is 13.1 Å². The Labute approximate surface area is 105 Å². The van der Waals surface area contributed by atoms with E-state index in [-0.39, 0.29) is 17.5 Å². The number of hydrogen-bond donors (Lipinski definition) is 2. The van der Waals surface area contributed by atoms with Crippen LogP contribution in [0.25, 0.3) is 0 Å². The fraction of sp³-hybridized carbons (Fsp3) is 0.923. The number of nitrogens with two attached hydrogens (primary N) is 1. The minimum atomic E-state index is -0.165. The molecule has 1 amide bonds. The number of nitrogens with one attached hydrogen (secondary N) is 1. The van der Waals surface area contributed by atoms with Crippen LogP contribution in [0.1, 0.15) is 41.0 Å². The third kappa shape index (κ3) is 3.96. The Kier molecular flexibility index (Phi) is 4.55. The first-order valence-electron chi connectivity index (χ1n) is 6.52. The molecule has 1 heterocycles. The number of hydrogen-bond acceptors (Lipinski definition) is 3. The lowest BCUT2D eigenvalue weighted by Gasteiger charge is -2.30. The Morgan fingerprint density at radius 3 is 2.53 bits per heavy atom. The molecule has 3 N–H and O–H groups in total. The third-order valence-corrected chi connectivity index (χ3v) is 3.42. The lowest BCUT2D eigenvalue weighted by atomic mass is 10.1. The van der Waals surface area contributed by atoms with Gasteiger partial charge in [0.1, 0.15) is 0 Å². The highest BCUT2D eigenvalue weighted by Gasteiger charge is 2.34. The quantitative estimate of drug-likeness (QED) is 0.774. The Hall–Kier alpha value is -0.610. The van der Waals surface area contributed by atoms with Crippen LogP contribution in [0, 0.1) is 5.92 Å². The van der Waals surface area contributed by atoms with Gasteiger partial charge in [-0.3, -0.25) is 9.69 Å². The van der Waals surface area contributed by atoms with Crippen molar-refractivity contribution in [2.45, 2.75) is 58.7 Å². The van der Waals surface area contributed by atoms with Crippen molar-refractivity contribution in [1.82, 2.24) is 10.2 Å². The van der Waals surface area contributed by atoms with Crippen molar-refractivity contribution in [3.8, 4) is 0 Å². The number of amides is 1. The molecule has 4 heteroatoms. The summed E-state index contributed by atoms with van der Waals surface area (Å²) in [4.78, 5) is 14.4. The van der Waals surface area contributed by atoms with Crippen LogP contribution in [-0.4, -0.2) is 41.5 Å². The van der Waals surface area contributed by atoms with E-state index in [0.717, 1.165) is 13.0 Å². The Morgan fingerprint density at radius 2 is 2.12 bits per heavy atom. The Bertz CT molecular complexity index is 272. The van der Waals surface area contributed by atoms with Gasteiger partial charge >= 0.3 is 0 Å². The molecule has 1 saturated heterocycles. The molecular formula is C13H27N3O. The standard InChI is InChI=1S/C13H27N3O/c1-9-6-11(7-14)8-16(9)10(2)12(17)15-13(3,4)5/h9-11H,6-8,14H2,1-5H3,(H,15,17). The monoisotopic (exact) mass is 241 g/mol. The van der Waals surface area contributed by atoms with Crippen molar-refractivity contribution in [3.63, 3.8) is 0 Å². The van der Waals surface area contributed by atoms with Gasteiger partial charge in [-0.2, -0.15) is 0 Å². The number of rotatable bonds is 3. The van der Waals surface area contributed by atoms with Crippen LogP contribution in [0.3, 0.4) is 0 Å². The largest absolute Gasteiger partial charge is 0.350 e. The van der Waals surface area contributed by atoms with Gasteiger partial charge in [-0.25, -0.2) is 0 Å². The zero-order valence-electron chi connectivity index (χ0n) is 11.8. The molecule has 1 fully saturated rings. The molecule has 0 aliphatic carbocycles. The van der Waals surface area contributed by atoms with Gasteiger partial charge in [0.25, 0.3) is 0 Å². The molecule has 0 aromatic rings. The number of carbonyl (C=O) groups is 1. The van der Waals surface area contributed by atoms with Gasteiger partial charge < -0.3 is 11.1 Å². The SMILES string of the molecule is CC1CC(CN)CN1C(C)C(=O)NC(C)(C)C. The highest BCUT2D eigenvalue weighted by Crippen LogP contribution is 2.24. The van der Waals surface area contributed by atoms with Crippen LogP contribution in [0.15, 0.2) is 0 Å². The first-order valence-corrected chi connectivity index (χ1v) is 6.52. The van der Waals surface area contributed by atoms with Crippen molar-refractivity contribution in [1.29, 1.82) is 0 Å². The molecule has 3 atom stereocenters. The van der Waals surface area contributed by atoms with Crippen molar-refractivity contribution >= 4 is 5.91 Å². The molecule has 3 unspecified atom stereocenters. The predicted molar refractivity (Wildman–Crippen MR) is 70.7 cm³/mol. The highest BCUT2D eigenvalue weighted by atomic mass is 16.2. The lowest BCUT2D eigenvalue weighted by molar-refractivity contribution is -0.127. The maximum atomic E-state index is 12.1. The van der Waals surface area contributed by atoms with E-state index in [2.05, 4.69) is 17.1 Å². The highest BCUT2D eigenvalue weighted by molar-refractivity contribution is 5.82. The molecule has 100 valence electrons. The first kappa shape index (κ1) is 14.5. The van der Waals surface area contributed by atoms with E-state index in [1.54, 1.807) is 0 Å². The molecular weight excluding hydrogens is 214 g/mol. The van der Waals surface area contributed by atoms with Crippen LogP contribution in [0.4, 0.5) is 0 Å². The molecule has 1 aliphatic rings. The summed E-state index contributed by atoms with van der Waals surface area (Å²) in [6.45, 7) is 11.8. The first-order chi connectivity index (χ1) is 7.74. The average Bonchev–Trinajstić information content (AvgIpc) is 2.56. The second kappa shape index (κ2) is 5.36. The molecule has 0 saturated carbocycles. The van der Waals surface area contributed by atoms with Crippen LogP contribution in [-0.2, 0) is 4.79 Å². The van der Waals surface area contributed by atoms with E-state index in [9.17, 15) is 4.79 Å². The Balaban J connectivity index is 2.58. The van der Waals surface area contributed by atoms with E-state index in [1.807, 2.05) is 27.7 Å². The van der Waals surface area contributed by atoms with Gasteiger partial charge in [0.15, 0.2) is 0 Å². The topological polar surface area (TPSA) is 58.4 Å². The second-order valence-corrected chi connectivity index (χ2v) is 6.30. The lowest BCUT2D eigenvalue weighted by Crippen LogP contribution is -2.51. The molecule has 17 heavy (non-hydrogen) atoms. The van der Waals surface area contributed by atoms with E-state index >= 15 is 0 Å². The summed E-state index contributed by atoms with van der Waals surface area (Å²) < 4.78 is 0. The van der Waals surface area contributed by atoms with Crippen LogP contribution < -0.4 is 11.1 Å². The van der Waals surface area contributed by atoms with Gasteiger partial charge in [0, 0.05) is 18.1 Å². The molecule has 0 bridgehead atoms. The number of carbonyl (C=O) groups excluding carboxylic acids is 1. The molecule has 1 aliphatic heterocycles. The summed E-state index contributed by atoms with van der Waals surface area (Å²) in [5.74, 6) is 0.650. The fourth-order valence-electron chi connectivity index (χ4n) is 2.51. The minimum Gasteiger partial charge on any atom is -0.350 e.